The van der Waals surface area contributed by atoms with Gasteiger partial charge in [-0.3, -0.25) is 4.40 Å². The molecule has 0 amide bonds. The highest BCUT2D eigenvalue weighted by atomic mass is 32.2. The third-order valence-electron chi connectivity index (χ3n) is 4.54. The summed E-state index contributed by atoms with van der Waals surface area (Å²) >= 11 is 1.84. The molecule has 0 atom stereocenters. The van der Waals surface area contributed by atoms with Gasteiger partial charge in [-0.25, -0.2) is 9.97 Å². The van der Waals surface area contributed by atoms with Gasteiger partial charge in [0.05, 0.1) is 17.4 Å². The first kappa shape index (κ1) is 13.2. The van der Waals surface area contributed by atoms with Gasteiger partial charge in [-0.2, -0.15) is 11.8 Å². The lowest BCUT2D eigenvalue weighted by Gasteiger charge is -2.19. The molecule has 0 aromatic carbocycles. The molecule has 0 spiro atoms. The van der Waals surface area contributed by atoms with Gasteiger partial charge in [0.2, 0.25) is 0 Å². The van der Waals surface area contributed by atoms with Crippen LogP contribution in [0.2, 0.25) is 0 Å². The maximum Gasteiger partial charge on any atom is 0.156 e. The second-order valence-electron chi connectivity index (χ2n) is 5.93. The zero-order valence-electron chi connectivity index (χ0n) is 12.3. The average Bonchev–Trinajstić information content (AvgIpc) is 3.12. The van der Waals surface area contributed by atoms with Crippen LogP contribution in [0.25, 0.3) is 16.8 Å². The molecule has 4 rings (SSSR count). The average molecular weight is 300 g/mol. The normalized spacial score (nSPS) is 17.0. The van der Waals surface area contributed by atoms with Crippen LogP contribution in [-0.2, 0) is 5.75 Å². The Labute approximate surface area is 128 Å². The van der Waals surface area contributed by atoms with Gasteiger partial charge in [0.15, 0.2) is 11.3 Å². The molecule has 1 N–H and O–H groups in total. The summed E-state index contributed by atoms with van der Waals surface area (Å²) in [5, 5.41) is 0. The minimum absolute atomic E-state index is 0.636. The molecule has 0 saturated heterocycles. The highest BCUT2D eigenvalue weighted by Gasteiger charge is 2.19. The molecule has 110 valence electrons. The number of imidazole rings is 1. The van der Waals surface area contributed by atoms with Crippen LogP contribution in [-0.4, -0.2) is 25.6 Å². The fourth-order valence-corrected chi connectivity index (χ4v) is 4.01. The largest absolute Gasteiger partial charge is 0.345 e. The van der Waals surface area contributed by atoms with Crippen molar-refractivity contribution < 1.29 is 0 Å². The molecular formula is C16H20N4S. The number of hydrogen-bond acceptors (Lipinski definition) is 3. The lowest BCUT2D eigenvalue weighted by Crippen LogP contribution is -2.04. The van der Waals surface area contributed by atoms with Crippen LogP contribution < -0.4 is 0 Å². The number of hydrogen-bond donors (Lipinski definition) is 1. The Morgan fingerprint density at radius 1 is 1.33 bits per heavy atom. The summed E-state index contributed by atoms with van der Waals surface area (Å²) in [4.78, 5) is 12.7. The third kappa shape index (κ3) is 2.24. The summed E-state index contributed by atoms with van der Waals surface area (Å²) < 4.78 is 2.23. The van der Waals surface area contributed by atoms with Crippen molar-refractivity contribution in [1.29, 1.82) is 0 Å². The summed E-state index contributed by atoms with van der Waals surface area (Å²) in [6.07, 6.45) is 15.0. The molecule has 3 heterocycles. The van der Waals surface area contributed by atoms with Gasteiger partial charge in [0.1, 0.15) is 0 Å². The van der Waals surface area contributed by atoms with Gasteiger partial charge in [-0.1, -0.05) is 19.3 Å². The number of thioether (sulfide) groups is 1. The fourth-order valence-electron chi connectivity index (χ4n) is 3.48. The van der Waals surface area contributed by atoms with E-state index in [-0.39, 0.29) is 0 Å². The Kier molecular flexibility index (Phi) is 3.37. The molecule has 1 aliphatic rings. The standard InChI is InChI=1S/C16H20N4S/c1-21-10-12-7-17-16-15(12)20-9-13(19-14(20)8-18-16)11-5-3-2-4-6-11/h7-9,11,17H,2-6,10H2,1H3. The number of H-pyrrole nitrogens is 1. The SMILES string of the molecule is CSCc1c[nH]c2ncc3nc(C4CCCCC4)cn3c12. The zero-order chi connectivity index (χ0) is 14.2. The van der Waals surface area contributed by atoms with Crippen molar-refractivity contribution in [2.45, 2.75) is 43.8 Å². The smallest absolute Gasteiger partial charge is 0.156 e. The molecule has 0 radical (unpaired) electrons. The summed E-state index contributed by atoms with van der Waals surface area (Å²) in [5.74, 6) is 1.63. The van der Waals surface area contributed by atoms with Gasteiger partial charge in [0, 0.05) is 29.6 Å². The summed E-state index contributed by atoms with van der Waals surface area (Å²) in [6, 6.07) is 0. The zero-order valence-corrected chi connectivity index (χ0v) is 13.1. The van der Waals surface area contributed by atoms with E-state index in [1.807, 2.05) is 18.0 Å². The van der Waals surface area contributed by atoms with E-state index in [9.17, 15) is 0 Å². The van der Waals surface area contributed by atoms with E-state index in [4.69, 9.17) is 4.98 Å². The molecule has 1 fully saturated rings. The van der Waals surface area contributed by atoms with E-state index in [0.717, 1.165) is 17.0 Å². The summed E-state index contributed by atoms with van der Waals surface area (Å²) in [5.41, 5.74) is 5.68. The number of fused-ring (bicyclic) bond motifs is 3. The van der Waals surface area contributed by atoms with E-state index >= 15 is 0 Å². The lowest BCUT2D eigenvalue weighted by atomic mass is 9.87. The van der Waals surface area contributed by atoms with Crippen molar-refractivity contribution in [2.24, 2.45) is 0 Å². The molecule has 3 aromatic rings. The quantitative estimate of drug-likeness (QED) is 0.791. The number of nitrogens with one attached hydrogen (secondary N) is 1. The number of rotatable bonds is 3. The summed E-state index contributed by atoms with van der Waals surface area (Å²) in [7, 11) is 0. The molecule has 3 aromatic heterocycles. The Bertz CT molecular complexity index is 767. The predicted molar refractivity (Wildman–Crippen MR) is 87.9 cm³/mol. The summed E-state index contributed by atoms with van der Waals surface area (Å²) in [6.45, 7) is 0. The number of nitrogens with zero attached hydrogens (tertiary/aromatic N) is 3. The second kappa shape index (κ2) is 5.37. The maximum atomic E-state index is 4.85. The molecule has 1 aliphatic carbocycles. The van der Waals surface area contributed by atoms with E-state index in [1.165, 1.54) is 48.9 Å². The molecule has 1 saturated carbocycles. The topological polar surface area (TPSA) is 46.0 Å². The monoisotopic (exact) mass is 300 g/mol. The van der Waals surface area contributed by atoms with Crippen LogP contribution in [0.1, 0.15) is 49.3 Å². The van der Waals surface area contributed by atoms with Crippen molar-refractivity contribution in [3.8, 4) is 0 Å². The molecular weight excluding hydrogens is 280 g/mol. The third-order valence-corrected chi connectivity index (χ3v) is 5.14. The minimum atomic E-state index is 0.636. The molecule has 0 unspecified atom stereocenters. The van der Waals surface area contributed by atoms with Crippen molar-refractivity contribution in [3.63, 3.8) is 0 Å². The van der Waals surface area contributed by atoms with Crippen molar-refractivity contribution in [1.82, 2.24) is 19.4 Å². The predicted octanol–water partition coefficient (Wildman–Crippen LogP) is 4.12. The van der Waals surface area contributed by atoms with Crippen LogP contribution in [0.5, 0.6) is 0 Å². The lowest BCUT2D eigenvalue weighted by molar-refractivity contribution is 0.438. The van der Waals surface area contributed by atoms with Crippen LogP contribution in [0, 0.1) is 0 Å². The van der Waals surface area contributed by atoms with Gasteiger partial charge in [-0.05, 0) is 19.1 Å². The van der Waals surface area contributed by atoms with Crippen molar-refractivity contribution >= 4 is 28.6 Å². The van der Waals surface area contributed by atoms with Gasteiger partial charge >= 0.3 is 0 Å². The first-order valence-electron chi connectivity index (χ1n) is 7.69. The molecule has 0 aliphatic heterocycles. The van der Waals surface area contributed by atoms with Crippen molar-refractivity contribution in [2.75, 3.05) is 6.26 Å². The van der Waals surface area contributed by atoms with E-state index < -0.39 is 0 Å². The van der Waals surface area contributed by atoms with Crippen LogP contribution >= 0.6 is 11.8 Å². The molecule has 21 heavy (non-hydrogen) atoms. The number of aromatic amines is 1. The highest BCUT2D eigenvalue weighted by Crippen LogP contribution is 2.33. The van der Waals surface area contributed by atoms with Gasteiger partial charge in [-0.15, -0.1) is 0 Å². The van der Waals surface area contributed by atoms with Crippen LogP contribution in [0.3, 0.4) is 0 Å². The van der Waals surface area contributed by atoms with E-state index in [0.29, 0.717) is 5.92 Å². The fraction of sp³-hybridized carbons (Fsp3) is 0.500. The van der Waals surface area contributed by atoms with Gasteiger partial charge < -0.3 is 4.98 Å². The Hall–Kier alpha value is -1.49. The van der Waals surface area contributed by atoms with E-state index in [1.54, 1.807) is 0 Å². The first-order chi connectivity index (χ1) is 10.4. The minimum Gasteiger partial charge on any atom is -0.345 e. The number of aromatic nitrogens is 4. The van der Waals surface area contributed by atoms with Gasteiger partial charge in [0.25, 0.3) is 0 Å². The molecule has 0 bridgehead atoms. The molecule has 4 nitrogen and oxygen atoms in total. The Morgan fingerprint density at radius 2 is 2.19 bits per heavy atom. The van der Waals surface area contributed by atoms with Crippen LogP contribution in [0.4, 0.5) is 0 Å². The second-order valence-corrected chi connectivity index (χ2v) is 6.80. The maximum absolute atomic E-state index is 4.85. The Morgan fingerprint density at radius 3 is 3.00 bits per heavy atom. The highest BCUT2D eigenvalue weighted by molar-refractivity contribution is 7.97. The van der Waals surface area contributed by atoms with Crippen molar-refractivity contribution in [3.05, 3.63) is 29.8 Å². The van der Waals surface area contributed by atoms with E-state index in [2.05, 4.69) is 33.0 Å². The first-order valence-corrected chi connectivity index (χ1v) is 9.09. The molecule has 5 heteroatoms. The van der Waals surface area contributed by atoms with Crippen LogP contribution in [0.15, 0.2) is 18.6 Å². The Balaban J connectivity index is 1.85.